The minimum Gasteiger partial charge on any atom is -0.393 e. The largest absolute Gasteiger partial charge is 2.00 e. The van der Waals surface area contributed by atoms with Gasteiger partial charge in [-0.1, -0.05) is 0 Å². The van der Waals surface area contributed by atoms with Crippen LogP contribution in [0.3, 0.4) is 0 Å². The van der Waals surface area contributed by atoms with Crippen LogP contribution in [0.1, 0.15) is 40.5 Å². The van der Waals surface area contributed by atoms with Crippen molar-refractivity contribution in [2.45, 2.75) is 65.0 Å². The molecule has 5 heteroatoms. The van der Waals surface area contributed by atoms with Gasteiger partial charge in [0, 0.05) is 0 Å². The summed E-state index contributed by atoms with van der Waals surface area (Å²) in [5.41, 5.74) is 0. The number of hydrogen-bond donors (Lipinski definition) is 4. The van der Waals surface area contributed by atoms with Crippen LogP contribution in [0.4, 0.5) is 0 Å². The molecule has 15 heavy (non-hydrogen) atoms. The maximum Gasteiger partial charge on any atom is 2.00 e. The molecular weight excluding hydrogens is 243 g/mol. The Labute approximate surface area is 103 Å². The molecule has 0 bridgehead atoms. The van der Waals surface area contributed by atoms with Crippen molar-refractivity contribution in [2.75, 3.05) is 0 Å². The molecule has 4 unspecified atom stereocenters. The van der Waals surface area contributed by atoms with E-state index in [1.165, 1.54) is 0 Å². The van der Waals surface area contributed by atoms with Gasteiger partial charge >= 0.3 is 16.8 Å². The van der Waals surface area contributed by atoms with Crippen LogP contribution < -0.4 is 0 Å². The van der Waals surface area contributed by atoms with Gasteiger partial charge < -0.3 is 20.4 Å². The Morgan fingerprint density at radius 3 is 0.733 bits per heavy atom. The Morgan fingerprint density at radius 2 is 0.733 bits per heavy atom. The zero-order chi connectivity index (χ0) is 11.7. The zero-order valence-corrected chi connectivity index (χ0v) is 10.9. The second-order valence-corrected chi connectivity index (χ2v) is 3.87. The summed E-state index contributed by atoms with van der Waals surface area (Å²) < 4.78 is 0. The number of aliphatic hydroxyl groups is 4. The summed E-state index contributed by atoms with van der Waals surface area (Å²) in [7, 11) is 0. The van der Waals surface area contributed by atoms with E-state index in [0.29, 0.717) is 12.8 Å². The molecule has 0 fully saturated rings. The van der Waals surface area contributed by atoms with Crippen molar-refractivity contribution in [3.8, 4) is 0 Å². The van der Waals surface area contributed by atoms with Gasteiger partial charge in [-0.25, -0.2) is 0 Å². The van der Waals surface area contributed by atoms with Crippen LogP contribution >= 0.6 is 0 Å². The fourth-order valence-corrected chi connectivity index (χ4v) is 0.987. The third-order valence-corrected chi connectivity index (χ3v) is 1.36. The van der Waals surface area contributed by atoms with E-state index in [0.717, 1.165) is 0 Å². The minimum absolute atomic E-state index is 0. The maximum absolute atomic E-state index is 8.56. The van der Waals surface area contributed by atoms with Crippen LogP contribution in [-0.4, -0.2) is 44.8 Å². The van der Waals surface area contributed by atoms with E-state index in [-0.39, 0.29) is 41.2 Å². The van der Waals surface area contributed by atoms with Gasteiger partial charge in [-0.15, -0.1) is 0 Å². The minimum atomic E-state index is -0.375. The van der Waals surface area contributed by atoms with Gasteiger partial charge in [0.15, 0.2) is 0 Å². The van der Waals surface area contributed by atoms with E-state index >= 15 is 0 Å². The summed E-state index contributed by atoms with van der Waals surface area (Å²) >= 11 is 0. The molecule has 4 atom stereocenters. The third-order valence-electron chi connectivity index (χ3n) is 1.36. The van der Waals surface area contributed by atoms with E-state index in [4.69, 9.17) is 20.4 Å². The molecule has 0 rings (SSSR count). The van der Waals surface area contributed by atoms with Crippen LogP contribution in [0.25, 0.3) is 0 Å². The number of aliphatic hydroxyl groups excluding tert-OH is 4. The molecule has 4 N–H and O–H groups in total. The average molecular weight is 267 g/mol. The first-order valence-electron chi connectivity index (χ1n) is 4.98. The molecule has 0 aliphatic heterocycles. The Kier molecular flexibility index (Phi) is 17.2. The second-order valence-electron chi connectivity index (χ2n) is 3.87. The number of hydrogen-bond acceptors (Lipinski definition) is 4. The van der Waals surface area contributed by atoms with Gasteiger partial charge in [0.1, 0.15) is 0 Å². The van der Waals surface area contributed by atoms with E-state index < -0.39 is 0 Å². The predicted molar refractivity (Wildman–Crippen MR) is 56.0 cm³/mol. The normalized spacial score (nSPS) is 17.6. The monoisotopic (exact) mass is 267 g/mol. The number of rotatable bonds is 4. The van der Waals surface area contributed by atoms with Crippen molar-refractivity contribution >= 4 is 0 Å². The summed E-state index contributed by atoms with van der Waals surface area (Å²) in [5, 5.41) is 34.3. The molecule has 0 aliphatic rings. The fraction of sp³-hybridized carbons (Fsp3) is 1.00. The third kappa shape index (κ3) is 31.4. The summed E-state index contributed by atoms with van der Waals surface area (Å²) in [5.74, 6) is 0. The first kappa shape index (κ1) is 20.7. The Balaban J connectivity index is -0.000000180. The van der Waals surface area contributed by atoms with Crippen LogP contribution in [0, 0.1) is 0 Å². The molecule has 0 saturated heterocycles. The topological polar surface area (TPSA) is 80.9 Å². The van der Waals surface area contributed by atoms with Crippen LogP contribution in [0.2, 0.25) is 0 Å². The molecule has 0 aromatic rings. The molecule has 0 spiro atoms. The second kappa shape index (κ2) is 12.4. The van der Waals surface area contributed by atoms with Crippen LogP contribution in [-0.2, 0) is 16.8 Å². The van der Waals surface area contributed by atoms with Gasteiger partial charge in [-0.3, -0.25) is 0 Å². The Morgan fingerprint density at radius 1 is 0.600 bits per heavy atom. The van der Waals surface area contributed by atoms with Gasteiger partial charge in [-0.05, 0) is 40.5 Å². The standard InChI is InChI=1S/2C5H12O2.Co/c2*1-4(6)3-5(2)7;/h2*4-7H,3H2,1-2H3;/q;;+2. The molecule has 0 heterocycles. The average Bonchev–Trinajstić information content (AvgIpc) is 1.79. The summed E-state index contributed by atoms with van der Waals surface area (Å²) in [6.07, 6.45) is -0.556. The summed E-state index contributed by atoms with van der Waals surface area (Å²) in [6.45, 7) is 6.64. The van der Waals surface area contributed by atoms with Crippen molar-refractivity contribution in [3.63, 3.8) is 0 Å². The van der Waals surface area contributed by atoms with E-state index in [2.05, 4.69) is 0 Å². The fourth-order valence-electron chi connectivity index (χ4n) is 0.987. The van der Waals surface area contributed by atoms with Crippen LogP contribution in [0.5, 0.6) is 0 Å². The molecule has 0 amide bonds. The van der Waals surface area contributed by atoms with Crippen molar-refractivity contribution in [1.29, 1.82) is 0 Å². The van der Waals surface area contributed by atoms with E-state index in [9.17, 15) is 0 Å². The van der Waals surface area contributed by atoms with Gasteiger partial charge in [0.2, 0.25) is 0 Å². The molecular formula is C10H24CoO4+2. The zero-order valence-electron chi connectivity index (χ0n) is 9.85. The Bertz CT molecular complexity index is 90.0. The van der Waals surface area contributed by atoms with E-state index in [1.807, 2.05) is 0 Å². The molecule has 0 saturated carbocycles. The van der Waals surface area contributed by atoms with Crippen molar-refractivity contribution in [1.82, 2.24) is 0 Å². The van der Waals surface area contributed by atoms with Gasteiger partial charge in [-0.2, -0.15) is 0 Å². The van der Waals surface area contributed by atoms with Gasteiger partial charge in [0.05, 0.1) is 24.4 Å². The molecule has 95 valence electrons. The smallest absolute Gasteiger partial charge is 0.393 e. The van der Waals surface area contributed by atoms with Crippen molar-refractivity contribution in [3.05, 3.63) is 0 Å². The molecule has 0 aromatic carbocycles. The van der Waals surface area contributed by atoms with Crippen LogP contribution in [0.15, 0.2) is 0 Å². The first-order valence-corrected chi connectivity index (χ1v) is 4.98. The summed E-state index contributed by atoms with van der Waals surface area (Å²) in [4.78, 5) is 0. The Hall–Kier alpha value is 0.346. The predicted octanol–water partition coefficient (Wildman–Crippen LogP) is 0.274. The van der Waals surface area contributed by atoms with Crippen molar-refractivity contribution in [2.24, 2.45) is 0 Å². The van der Waals surface area contributed by atoms with Crippen molar-refractivity contribution < 1.29 is 37.2 Å². The quantitative estimate of drug-likeness (QED) is 0.589. The molecule has 4 nitrogen and oxygen atoms in total. The SMILES string of the molecule is CC(O)CC(C)O.CC(O)CC(C)O.[Co+2]. The molecule has 1 radical (unpaired) electrons. The first-order chi connectivity index (χ1) is 6.25. The molecule has 0 aliphatic carbocycles. The summed E-state index contributed by atoms with van der Waals surface area (Å²) in [6, 6.07) is 0. The van der Waals surface area contributed by atoms with Gasteiger partial charge in [0.25, 0.3) is 0 Å². The maximum atomic E-state index is 8.56. The van der Waals surface area contributed by atoms with E-state index in [1.54, 1.807) is 27.7 Å². The molecule has 0 aromatic heterocycles.